The number of ether oxygens (including phenoxy) is 1. The minimum absolute atomic E-state index is 0.147. The van der Waals surface area contributed by atoms with Crippen LogP contribution in [0.1, 0.15) is 10.4 Å². The van der Waals surface area contributed by atoms with E-state index in [-0.39, 0.29) is 5.56 Å². The number of hydrogen-bond acceptors (Lipinski definition) is 3. The van der Waals surface area contributed by atoms with E-state index in [4.69, 9.17) is 9.72 Å². The Balaban J connectivity index is 1.62. The van der Waals surface area contributed by atoms with E-state index in [9.17, 15) is 9.90 Å². The summed E-state index contributed by atoms with van der Waals surface area (Å²) in [6.07, 6.45) is 0. The van der Waals surface area contributed by atoms with Gasteiger partial charge in [0.25, 0.3) is 0 Å². The molecule has 1 aromatic heterocycles. The zero-order valence-electron chi connectivity index (χ0n) is 16.2. The molecule has 5 nitrogen and oxygen atoms in total. The molecule has 5 heteroatoms. The Morgan fingerprint density at radius 2 is 1.73 bits per heavy atom. The van der Waals surface area contributed by atoms with Gasteiger partial charge in [0, 0.05) is 5.56 Å². The van der Waals surface area contributed by atoms with Crippen LogP contribution in [0.2, 0.25) is 0 Å². The van der Waals surface area contributed by atoms with Crippen molar-refractivity contribution in [3.05, 3.63) is 84.4 Å². The van der Waals surface area contributed by atoms with Crippen molar-refractivity contribution < 1.29 is 14.6 Å². The van der Waals surface area contributed by atoms with Gasteiger partial charge in [-0.15, -0.1) is 0 Å². The fraction of sp³-hybridized carbons (Fsp3) is 0.0400. The highest BCUT2D eigenvalue weighted by atomic mass is 16.5. The number of rotatable bonds is 4. The largest absolute Gasteiger partial charge is 0.496 e. The van der Waals surface area contributed by atoms with Gasteiger partial charge in [0.1, 0.15) is 17.1 Å². The first-order valence-corrected chi connectivity index (χ1v) is 9.53. The number of carboxylic acid groups (broad SMARTS) is 1. The molecule has 30 heavy (non-hydrogen) atoms. The quantitative estimate of drug-likeness (QED) is 0.407. The van der Waals surface area contributed by atoms with E-state index < -0.39 is 5.97 Å². The first-order chi connectivity index (χ1) is 14.6. The number of benzene rings is 4. The van der Waals surface area contributed by atoms with Crippen molar-refractivity contribution in [1.29, 1.82) is 0 Å². The number of carbonyl (C=O) groups is 1. The SMILES string of the molecule is COc1cc(-c2ccc3c(-c4nc5ccccc5[nH]4)cccc3c2)ccc1C(=O)O. The molecular weight excluding hydrogens is 376 g/mol. The van der Waals surface area contributed by atoms with Gasteiger partial charge in [-0.05, 0) is 52.2 Å². The second-order valence-electron chi connectivity index (χ2n) is 7.06. The second kappa shape index (κ2) is 7.04. The van der Waals surface area contributed by atoms with Gasteiger partial charge < -0.3 is 14.8 Å². The lowest BCUT2D eigenvalue weighted by Crippen LogP contribution is -2.00. The maximum atomic E-state index is 11.4. The summed E-state index contributed by atoms with van der Waals surface area (Å²) in [5.41, 5.74) is 5.01. The first-order valence-electron chi connectivity index (χ1n) is 9.53. The highest BCUT2D eigenvalue weighted by Gasteiger charge is 2.13. The van der Waals surface area contributed by atoms with Crippen molar-refractivity contribution in [1.82, 2.24) is 9.97 Å². The third-order valence-electron chi connectivity index (χ3n) is 5.29. The molecule has 0 atom stereocenters. The number of imidazole rings is 1. The number of aromatic nitrogens is 2. The van der Waals surface area contributed by atoms with E-state index in [1.54, 1.807) is 18.2 Å². The number of aromatic amines is 1. The Hall–Kier alpha value is -4.12. The maximum Gasteiger partial charge on any atom is 0.339 e. The molecule has 0 aliphatic rings. The molecule has 0 amide bonds. The van der Waals surface area contributed by atoms with Gasteiger partial charge in [0.05, 0.1) is 18.1 Å². The molecule has 0 saturated heterocycles. The molecule has 0 radical (unpaired) electrons. The summed E-state index contributed by atoms with van der Waals surface area (Å²) in [5, 5.41) is 11.5. The van der Waals surface area contributed by atoms with Crippen LogP contribution in [0, 0.1) is 0 Å². The molecule has 0 bridgehead atoms. The number of hydrogen-bond donors (Lipinski definition) is 2. The minimum atomic E-state index is -1.01. The third-order valence-corrected chi connectivity index (χ3v) is 5.29. The number of nitrogens with one attached hydrogen (secondary N) is 1. The predicted octanol–water partition coefficient (Wildman–Crippen LogP) is 5.76. The molecule has 2 N–H and O–H groups in total. The highest BCUT2D eigenvalue weighted by molar-refractivity contribution is 5.99. The average molecular weight is 394 g/mol. The van der Waals surface area contributed by atoms with Gasteiger partial charge in [-0.2, -0.15) is 0 Å². The van der Waals surface area contributed by atoms with Crippen LogP contribution in [0.5, 0.6) is 5.75 Å². The summed E-state index contributed by atoms with van der Waals surface area (Å²) in [6.45, 7) is 0. The van der Waals surface area contributed by atoms with Crippen LogP contribution in [-0.2, 0) is 0 Å². The minimum Gasteiger partial charge on any atom is -0.496 e. The molecule has 0 unspecified atom stereocenters. The molecule has 4 aromatic carbocycles. The van der Waals surface area contributed by atoms with Crippen molar-refractivity contribution in [2.45, 2.75) is 0 Å². The van der Waals surface area contributed by atoms with Crippen LogP contribution in [0.25, 0.3) is 44.3 Å². The molecule has 5 rings (SSSR count). The van der Waals surface area contributed by atoms with Gasteiger partial charge in [-0.3, -0.25) is 0 Å². The van der Waals surface area contributed by atoms with Crippen molar-refractivity contribution >= 4 is 27.8 Å². The van der Waals surface area contributed by atoms with E-state index in [0.29, 0.717) is 5.75 Å². The lowest BCUT2D eigenvalue weighted by Gasteiger charge is -2.10. The van der Waals surface area contributed by atoms with Crippen LogP contribution in [0.3, 0.4) is 0 Å². The molecule has 5 aromatic rings. The van der Waals surface area contributed by atoms with Gasteiger partial charge in [-0.1, -0.05) is 48.5 Å². The number of nitrogens with zero attached hydrogens (tertiary/aromatic N) is 1. The summed E-state index contributed by atoms with van der Waals surface area (Å²) < 4.78 is 5.27. The molecule has 0 fully saturated rings. The summed E-state index contributed by atoms with van der Waals surface area (Å²) >= 11 is 0. The van der Waals surface area contributed by atoms with Crippen molar-refractivity contribution in [2.75, 3.05) is 7.11 Å². The number of H-pyrrole nitrogens is 1. The Morgan fingerprint density at radius 3 is 2.53 bits per heavy atom. The van der Waals surface area contributed by atoms with Gasteiger partial charge in [-0.25, -0.2) is 9.78 Å². The zero-order chi connectivity index (χ0) is 20.7. The lowest BCUT2D eigenvalue weighted by molar-refractivity contribution is 0.0693. The lowest BCUT2D eigenvalue weighted by atomic mass is 9.97. The number of para-hydroxylation sites is 2. The Bertz CT molecular complexity index is 1390. The number of methoxy groups -OCH3 is 1. The van der Waals surface area contributed by atoms with Gasteiger partial charge in [0.15, 0.2) is 0 Å². The average Bonchev–Trinajstić information content (AvgIpc) is 3.22. The van der Waals surface area contributed by atoms with Crippen LogP contribution >= 0.6 is 0 Å². The van der Waals surface area contributed by atoms with E-state index in [0.717, 1.165) is 44.3 Å². The predicted molar refractivity (Wildman–Crippen MR) is 118 cm³/mol. The van der Waals surface area contributed by atoms with Crippen molar-refractivity contribution in [3.8, 4) is 28.3 Å². The summed E-state index contributed by atoms with van der Waals surface area (Å²) in [4.78, 5) is 19.5. The fourth-order valence-electron chi connectivity index (χ4n) is 3.80. The van der Waals surface area contributed by atoms with Gasteiger partial charge >= 0.3 is 5.97 Å². The van der Waals surface area contributed by atoms with E-state index in [1.807, 2.05) is 36.4 Å². The fourth-order valence-corrected chi connectivity index (χ4v) is 3.80. The Morgan fingerprint density at radius 1 is 0.933 bits per heavy atom. The number of carboxylic acids is 1. The molecule has 0 saturated carbocycles. The van der Waals surface area contributed by atoms with Crippen molar-refractivity contribution in [3.63, 3.8) is 0 Å². The highest BCUT2D eigenvalue weighted by Crippen LogP contribution is 2.33. The summed E-state index contributed by atoms with van der Waals surface area (Å²) in [6, 6.07) is 25.5. The standard InChI is InChI=1S/C25H18N2O3/c1-30-23-14-16(10-12-20(23)25(28)29)15-9-11-18-17(13-15)5-4-6-19(18)24-26-21-7-2-3-8-22(21)27-24/h2-14H,1H3,(H,26,27)(H,28,29). The first kappa shape index (κ1) is 17.9. The summed E-state index contributed by atoms with van der Waals surface area (Å²) in [7, 11) is 1.48. The smallest absolute Gasteiger partial charge is 0.339 e. The number of fused-ring (bicyclic) bond motifs is 2. The van der Waals surface area contributed by atoms with Crippen LogP contribution in [0.15, 0.2) is 78.9 Å². The topological polar surface area (TPSA) is 75.2 Å². The summed E-state index contributed by atoms with van der Waals surface area (Å²) in [5.74, 6) is 0.172. The van der Waals surface area contributed by atoms with Crippen LogP contribution in [-0.4, -0.2) is 28.2 Å². The monoisotopic (exact) mass is 394 g/mol. The van der Waals surface area contributed by atoms with E-state index in [2.05, 4.69) is 29.2 Å². The van der Waals surface area contributed by atoms with Crippen LogP contribution in [0.4, 0.5) is 0 Å². The normalized spacial score (nSPS) is 11.1. The molecule has 0 aliphatic carbocycles. The molecule has 146 valence electrons. The third kappa shape index (κ3) is 2.97. The van der Waals surface area contributed by atoms with Crippen molar-refractivity contribution in [2.24, 2.45) is 0 Å². The number of aromatic carboxylic acids is 1. The van der Waals surface area contributed by atoms with E-state index in [1.165, 1.54) is 7.11 Å². The molecule has 0 aliphatic heterocycles. The molecule has 1 heterocycles. The maximum absolute atomic E-state index is 11.4. The second-order valence-corrected chi connectivity index (χ2v) is 7.06. The Labute approximate surface area is 172 Å². The molecule has 0 spiro atoms. The van der Waals surface area contributed by atoms with Gasteiger partial charge in [0.2, 0.25) is 0 Å². The molecular formula is C25H18N2O3. The zero-order valence-corrected chi connectivity index (χ0v) is 16.2. The van der Waals surface area contributed by atoms with Crippen LogP contribution < -0.4 is 4.74 Å². The van der Waals surface area contributed by atoms with E-state index >= 15 is 0 Å². The Kier molecular flexibility index (Phi) is 4.21.